The summed E-state index contributed by atoms with van der Waals surface area (Å²) in [5.41, 5.74) is 1.41. The second-order valence-corrected chi connectivity index (χ2v) is 4.05. The summed E-state index contributed by atoms with van der Waals surface area (Å²) in [5, 5.41) is 11.9. The van der Waals surface area contributed by atoms with E-state index in [0.29, 0.717) is 30.5 Å². The highest BCUT2D eigenvalue weighted by atomic mass is 16.5. The van der Waals surface area contributed by atoms with Crippen molar-refractivity contribution in [2.45, 2.75) is 0 Å². The Morgan fingerprint density at radius 3 is 2.68 bits per heavy atom. The van der Waals surface area contributed by atoms with E-state index in [2.05, 4.69) is 4.99 Å². The van der Waals surface area contributed by atoms with E-state index in [-0.39, 0.29) is 0 Å². The summed E-state index contributed by atoms with van der Waals surface area (Å²) < 4.78 is 11.2. The molecule has 2 heterocycles. The minimum atomic E-state index is 0.516. The summed E-state index contributed by atoms with van der Waals surface area (Å²) in [6.45, 7) is 1.31. The van der Waals surface area contributed by atoms with E-state index >= 15 is 0 Å². The van der Waals surface area contributed by atoms with Gasteiger partial charge in [0, 0.05) is 17.7 Å². The van der Waals surface area contributed by atoms with Gasteiger partial charge in [-0.3, -0.25) is 0 Å². The normalized spacial score (nSPS) is 15.2. The summed E-state index contributed by atoms with van der Waals surface area (Å²) >= 11 is 0. The Kier molecular flexibility index (Phi) is 3.02. The maximum atomic E-state index is 11.9. The molecule has 0 radical (unpaired) electrons. The number of hydrogen-bond acceptors (Lipinski definition) is 4. The maximum Gasteiger partial charge on any atom is 0.223 e. The minimum absolute atomic E-state index is 0.516. The second kappa shape index (κ2) is 4.97. The van der Waals surface area contributed by atoms with Crippen molar-refractivity contribution in [1.29, 1.82) is 0 Å². The number of hydrogen-bond donors (Lipinski definition) is 0. The molecule has 0 N–H and O–H groups in total. The van der Waals surface area contributed by atoms with Crippen LogP contribution in [0.25, 0.3) is 0 Å². The largest absolute Gasteiger partial charge is 0.618 e. The van der Waals surface area contributed by atoms with Crippen LogP contribution in [0.5, 0.6) is 0 Å². The molecule has 0 aliphatic carbocycles. The lowest BCUT2D eigenvalue weighted by atomic mass is 10.2. The predicted octanol–water partition coefficient (Wildman–Crippen LogP) is 2.32. The van der Waals surface area contributed by atoms with Gasteiger partial charge in [0.25, 0.3) is 0 Å². The molecule has 0 unspecified atom stereocenters. The zero-order valence-corrected chi connectivity index (χ0v) is 10.2. The van der Waals surface area contributed by atoms with Gasteiger partial charge in [-0.25, -0.2) is 4.99 Å². The number of rotatable bonds is 3. The number of furan rings is 1. The molecule has 5 heteroatoms. The molecular weight excluding hydrogens is 244 g/mol. The van der Waals surface area contributed by atoms with E-state index in [0.717, 1.165) is 10.3 Å². The Bertz CT molecular complexity index is 613. The minimum Gasteiger partial charge on any atom is -0.618 e. The Balaban J connectivity index is 1.82. The van der Waals surface area contributed by atoms with E-state index < -0.39 is 0 Å². The third kappa shape index (κ3) is 2.49. The van der Waals surface area contributed by atoms with Crippen molar-refractivity contribution in [1.82, 2.24) is 0 Å². The lowest BCUT2D eigenvalue weighted by molar-refractivity contribution is -0.354. The van der Waals surface area contributed by atoms with Crippen molar-refractivity contribution in [2.24, 2.45) is 4.99 Å². The van der Waals surface area contributed by atoms with Crippen LogP contribution in [-0.4, -0.2) is 30.0 Å². The average molecular weight is 256 g/mol. The topological polar surface area (TPSA) is 60.8 Å². The molecule has 0 atom stereocenters. The van der Waals surface area contributed by atoms with Crippen LogP contribution in [0, 0.1) is 5.21 Å². The molecule has 5 nitrogen and oxygen atoms in total. The lowest BCUT2D eigenvalue weighted by Gasteiger charge is -2.04. The Morgan fingerprint density at radius 2 is 2.05 bits per heavy atom. The van der Waals surface area contributed by atoms with Crippen LogP contribution < -0.4 is 0 Å². The first-order chi connectivity index (χ1) is 9.33. The van der Waals surface area contributed by atoms with E-state index in [1.54, 1.807) is 24.3 Å². The average Bonchev–Trinajstić information content (AvgIpc) is 3.12. The fourth-order valence-corrected chi connectivity index (χ4v) is 1.82. The van der Waals surface area contributed by atoms with E-state index in [1.165, 1.54) is 12.5 Å². The van der Waals surface area contributed by atoms with Crippen molar-refractivity contribution in [3.63, 3.8) is 0 Å². The molecule has 0 saturated carbocycles. The number of nitrogens with zero attached hydrogens (tertiary/aromatic N) is 2. The summed E-state index contributed by atoms with van der Waals surface area (Å²) in [7, 11) is 0. The molecule has 1 aliphatic rings. The second-order valence-electron chi connectivity index (χ2n) is 4.05. The maximum absolute atomic E-state index is 11.9. The van der Waals surface area contributed by atoms with E-state index in [1.807, 2.05) is 12.1 Å². The third-order valence-corrected chi connectivity index (χ3v) is 2.74. The van der Waals surface area contributed by atoms with Gasteiger partial charge in [0.05, 0.1) is 12.8 Å². The fraction of sp³-hybridized carbons (Fsp3) is 0.143. The highest BCUT2D eigenvalue weighted by Gasteiger charge is 2.11. The van der Waals surface area contributed by atoms with Crippen molar-refractivity contribution in [2.75, 3.05) is 13.2 Å². The first kappa shape index (κ1) is 11.5. The number of aliphatic imine (C=N–C) groups is 1. The molecule has 96 valence electrons. The van der Waals surface area contributed by atoms with E-state index in [4.69, 9.17) is 9.15 Å². The summed E-state index contributed by atoms with van der Waals surface area (Å²) in [4.78, 5) is 4.22. The van der Waals surface area contributed by atoms with Crippen molar-refractivity contribution < 1.29 is 13.9 Å². The van der Waals surface area contributed by atoms with Crippen LogP contribution in [0.1, 0.15) is 11.3 Å². The Labute approximate surface area is 110 Å². The zero-order chi connectivity index (χ0) is 13.1. The summed E-state index contributed by atoms with van der Waals surface area (Å²) in [5.74, 6) is 1.15. The van der Waals surface area contributed by atoms with E-state index in [9.17, 15) is 5.21 Å². The van der Waals surface area contributed by atoms with Crippen molar-refractivity contribution >= 4 is 17.8 Å². The molecule has 0 amide bonds. The van der Waals surface area contributed by atoms with Crippen LogP contribution in [0.15, 0.2) is 52.1 Å². The molecule has 1 aliphatic heterocycles. The van der Waals surface area contributed by atoms with Crippen LogP contribution in [-0.2, 0) is 4.74 Å². The first-order valence-electron chi connectivity index (χ1n) is 5.95. The Morgan fingerprint density at radius 1 is 1.21 bits per heavy atom. The Hall–Kier alpha value is -2.56. The highest BCUT2D eigenvalue weighted by molar-refractivity contribution is 5.95. The molecule has 0 spiro atoms. The highest BCUT2D eigenvalue weighted by Crippen LogP contribution is 2.15. The van der Waals surface area contributed by atoms with Gasteiger partial charge in [0.1, 0.15) is 6.61 Å². The van der Waals surface area contributed by atoms with Crippen molar-refractivity contribution in [3.8, 4) is 0 Å². The van der Waals surface area contributed by atoms with Crippen molar-refractivity contribution in [3.05, 3.63) is 59.2 Å². The summed E-state index contributed by atoms with van der Waals surface area (Å²) in [6.07, 6.45) is 2.91. The molecule has 2 aromatic rings. The molecular formula is C14H12N2O3. The molecule has 3 rings (SSSR count). The first-order valence-corrected chi connectivity index (χ1v) is 5.95. The molecule has 1 aromatic carbocycles. The molecule has 0 bridgehead atoms. The van der Waals surface area contributed by atoms with Gasteiger partial charge in [0.15, 0.2) is 5.76 Å². The molecule has 0 saturated heterocycles. The standard InChI is InChI=1S/C14H12N2O3/c17-16(10-13-2-1-8-18-13)12-5-3-11(4-6-12)14-15-7-9-19-14/h1-6,8,10H,7,9H2/b16-10+. The van der Waals surface area contributed by atoms with Gasteiger partial charge >= 0.3 is 0 Å². The van der Waals surface area contributed by atoms with Crippen LogP contribution >= 0.6 is 0 Å². The van der Waals surface area contributed by atoms with Gasteiger partial charge < -0.3 is 14.4 Å². The smallest absolute Gasteiger partial charge is 0.223 e. The SMILES string of the molecule is [O-]/[N+](=C/c1ccco1)c1ccc(C2=NCCO2)cc1. The molecule has 19 heavy (non-hydrogen) atoms. The number of ether oxygens (including phenoxy) is 1. The van der Waals surface area contributed by atoms with Gasteiger partial charge in [0.2, 0.25) is 17.8 Å². The predicted molar refractivity (Wildman–Crippen MR) is 71.0 cm³/mol. The van der Waals surface area contributed by atoms with Crippen LogP contribution in [0.4, 0.5) is 5.69 Å². The zero-order valence-electron chi connectivity index (χ0n) is 10.2. The third-order valence-electron chi connectivity index (χ3n) is 2.74. The van der Waals surface area contributed by atoms with Gasteiger partial charge in [-0.1, -0.05) is 0 Å². The quantitative estimate of drug-likeness (QED) is 0.366. The van der Waals surface area contributed by atoms with Crippen LogP contribution in [0.3, 0.4) is 0 Å². The lowest BCUT2D eigenvalue weighted by Crippen LogP contribution is -2.02. The van der Waals surface area contributed by atoms with Crippen LogP contribution in [0.2, 0.25) is 0 Å². The molecule has 1 aromatic heterocycles. The van der Waals surface area contributed by atoms with Gasteiger partial charge in [-0.05, 0) is 24.3 Å². The number of benzene rings is 1. The van der Waals surface area contributed by atoms with Gasteiger partial charge in [-0.15, -0.1) is 0 Å². The van der Waals surface area contributed by atoms with Gasteiger partial charge in [-0.2, -0.15) is 4.74 Å². The molecule has 0 fully saturated rings. The monoisotopic (exact) mass is 256 g/mol. The fourth-order valence-electron chi connectivity index (χ4n) is 1.82. The summed E-state index contributed by atoms with van der Waals surface area (Å²) in [6, 6.07) is 10.6.